The third kappa shape index (κ3) is 5.51. The molecule has 0 aliphatic heterocycles. The minimum atomic E-state index is -0.225. The lowest BCUT2D eigenvalue weighted by Gasteiger charge is -2.13. The third-order valence-electron chi connectivity index (χ3n) is 4.97. The fourth-order valence-corrected chi connectivity index (χ4v) is 4.25. The van der Waals surface area contributed by atoms with Gasteiger partial charge in [-0.15, -0.1) is 11.8 Å². The van der Waals surface area contributed by atoms with Crippen LogP contribution in [0.5, 0.6) is 11.5 Å². The number of methoxy groups -OCH3 is 2. The van der Waals surface area contributed by atoms with E-state index in [0.717, 1.165) is 28.3 Å². The summed E-state index contributed by atoms with van der Waals surface area (Å²) in [5.74, 6) is 1.80. The van der Waals surface area contributed by atoms with E-state index in [9.17, 15) is 4.79 Å². The summed E-state index contributed by atoms with van der Waals surface area (Å²) >= 11 is 1.49. The van der Waals surface area contributed by atoms with Crippen molar-refractivity contribution in [2.75, 3.05) is 19.5 Å². The molecular formula is C26H23N3O3S. The molecule has 0 saturated heterocycles. The highest BCUT2D eigenvalue weighted by molar-refractivity contribution is 7.98. The quantitative estimate of drug-likeness (QED) is 0.342. The molecule has 0 radical (unpaired) electrons. The molecule has 0 spiro atoms. The maximum Gasteiger partial charge on any atom is 0.258 e. The first-order valence-corrected chi connectivity index (χ1v) is 11.3. The zero-order chi connectivity index (χ0) is 23.0. The smallest absolute Gasteiger partial charge is 0.258 e. The van der Waals surface area contributed by atoms with Gasteiger partial charge < -0.3 is 14.8 Å². The van der Waals surface area contributed by atoms with E-state index in [1.54, 1.807) is 38.7 Å². The topological polar surface area (TPSA) is 73.3 Å². The molecule has 0 bridgehead atoms. The Kier molecular flexibility index (Phi) is 7.22. The molecule has 1 N–H and O–H groups in total. The minimum Gasteiger partial charge on any atom is -0.497 e. The van der Waals surface area contributed by atoms with Crippen molar-refractivity contribution in [3.8, 4) is 22.8 Å². The standard InChI is InChI=1S/C26H23N3O3S/c1-31-21-9-8-19(24(16-21)32-2)17-33-26-22(25(30)28-20-12-14-27-15-13-20)10-11-23(29-26)18-6-4-3-5-7-18/h3-16H,17H2,1-2H3,(H,27,28,30). The summed E-state index contributed by atoms with van der Waals surface area (Å²) in [6, 6.07) is 22.8. The number of aromatic nitrogens is 2. The molecule has 0 fully saturated rings. The Morgan fingerprint density at radius 2 is 1.73 bits per heavy atom. The Balaban J connectivity index is 1.65. The Morgan fingerprint density at radius 1 is 0.939 bits per heavy atom. The van der Waals surface area contributed by atoms with Gasteiger partial charge >= 0.3 is 0 Å². The summed E-state index contributed by atoms with van der Waals surface area (Å²) in [5, 5.41) is 3.56. The summed E-state index contributed by atoms with van der Waals surface area (Å²) < 4.78 is 10.8. The van der Waals surface area contributed by atoms with E-state index in [-0.39, 0.29) is 5.91 Å². The van der Waals surface area contributed by atoms with Crippen molar-refractivity contribution < 1.29 is 14.3 Å². The van der Waals surface area contributed by atoms with Crippen LogP contribution in [0.3, 0.4) is 0 Å². The number of pyridine rings is 2. The molecule has 0 atom stereocenters. The summed E-state index contributed by atoms with van der Waals surface area (Å²) in [4.78, 5) is 21.9. The third-order valence-corrected chi connectivity index (χ3v) is 6.01. The van der Waals surface area contributed by atoms with E-state index in [1.165, 1.54) is 11.8 Å². The van der Waals surface area contributed by atoms with Crippen molar-refractivity contribution >= 4 is 23.4 Å². The molecule has 2 aromatic heterocycles. The highest BCUT2D eigenvalue weighted by Gasteiger charge is 2.16. The van der Waals surface area contributed by atoms with Gasteiger partial charge in [-0.1, -0.05) is 36.4 Å². The molecule has 0 saturated carbocycles. The first kappa shape index (κ1) is 22.4. The lowest BCUT2D eigenvalue weighted by atomic mass is 10.1. The molecule has 2 heterocycles. The fraction of sp³-hybridized carbons (Fsp3) is 0.115. The minimum absolute atomic E-state index is 0.225. The monoisotopic (exact) mass is 457 g/mol. The van der Waals surface area contributed by atoms with Crippen LogP contribution in [-0.2, 0) is 5.75 Å². The maximum absolute atomic E-state index is 13.1. The average Bonchev–Trinajstić information content (AvgIpc) is 2.88. The van der Waals surface area contributed by atoms with Crippen LogP contribution < -0.4 is 14.8 Å². The molecule has 33 heavy (non-hydrogen) atoms. The summed E-state index contributed by atoms with van der Waals surface area (Å²) in [6.45, 7) is 0. The van der Waals surface area contributed by atoms with Gasteiger partial charge in [0.2, 0.25) is 0 Å². The first-order chi connectivity index (χ1) is 16.2. The van der Waals surface area contributed by atoms with Gasteiger partial charge in [-0.2, -0.15) is 0 Å². The molecule has 166 valence electrons. The van der Waals surface area contributed by atoms with Crippen molar-refractivity contribution in [3.05, 3.63) is 96.3 Å². The molecule has 6 nitrogen and oxygen atoms in total. The van der Waals surface area contributed by atoms with E-state index in [4.69, 9.17) is 14.5 Å². The Bertz CT molecular complexity index is 1230. The second-order valence-electron chi connectivity index (χ2n) is 7.07. The number of hydrogen-bond donors (Lipinski definition) is 1. The van der Waals surface area contributed by atoms with Crippen molar-refractivity contribution in [2.24, 2.45) is 0 Å². The zero-order valence-corrected chi connectivity index (χ0v) is 19.1. The largest absolute Gasteiger partial charge is 0.497 e. The summed E-state index contributed by atoms with van der Waals surface area (Å²) in [5.41, 5.74) is 3.96. The van der Waals surface area contributed by atoms with E-state index >= 15 is 0 Å². The zero-order valence-electron chi connectivity index (χ0n) is 18.3. The molecule has 0 unspecified atom stereocenters. The van der Waals surface area contributed by atoms with Crippen LogP contribution in [0.4, 0.5) is 5.69 Å². The molecular weight excluding hydrogens is 434 g/mol. The molecule has 0 aliphatic carbocycles. The lowest BCUT2D eigenvalue weighted by molar-refractivity contribution is 0.102. The van der Waals surface area contributed by atoms with Gasteiger partial charge in [0, 0.05) is 41.0 Å². The first-order valence-electron chi connectivity index (χ1n) is 10.3. The van der Waals surface area contributed by atoms with Crippen molar-refractivity contribution in [1.82, 2.24) is 9.97 Å². The van der Waals surface area contributed by atoms with Crippen LogP contribution in [0.15, 0.2) is 90.2 Å². The van der Waals surface area contributed by atoms with Gasteiger partial charge in [-0.05, 0) is 30.3 Å². The van der Waals surface area contributed by atoms with Crippen molar-refractivity contribution in [3.63, 3.8) is 0 Å². The molecule has 1 amide bonds. The summed E-state index contributed by atoms with van der Waals surface area (Å²) in [6.07, 6.45) is 3.27. The SMILES string of the molecule is COc1ccc(CSc2nc(-c3ccccc3)ccc2C(=O)Nc2ccncc2)c(OC)c1. The maximum atomic E-state index is 13.1. The predicted molar refractivity (Wildman–Crippen MR) is 131 cm³/mol. The van der Waals surface area contributed by atoms with Gasteiger partial charge in [0.25, 0.3) is 5.91 Å². The van der Waals surface area contributed by atoms with Gasteiger partial charge in [-0.3, -0.25) is 9.78 Å². The number of nitrogens with zero attached hydrogens (tertiary/aromatic N) is 2. The van der Waals surface area contributed by atoms with Crippen molar-refractivity contribution in [2.45, 2.75) is 10.8 Å². The number of ether oxygens (including phenoxy) is 2. The number of anilines is 1. The Morgan fingerprint density at radius 3 is 2.45 bits per heavy atom. The molecule has 4 rings (SSSR count). The normalized spacial score (nSPS) is 10.5. The fourth-order valence-electron chi connectivity index (χ4n) is 3.24. The van der Waals surface area contributed by atoms with E-state index in [1.807, 2.05) is 60.7 Å². The average molecular weight is 458 g/mol. The van der Waals surface area contributed by atoms with E-state index in [0.29, 0.717) is 22.0 Å². The lowest BCUT2D eigenvalue weighted by Crippen LogP contribution is -2.14. The van der Waals surface area contributed by atoms with Gasteiger partial charge in [-0.25, -0.2) is 4.98 Å². The van der Waals surface area contributed by atoms with Gasteiger partial charge in [0.1, 0.15) is 16.5 Å². The molecule has 0 aliphatic rings. The Hall–Kier alpha value is -3.84. The number of benzene rings is 2. The second kappa shape index (κ2) is 10.7. The molecule has 2 aromatic carbocycles. The molecule has 4 aromatic rings. The number of nitrogens with one attached hydrogen (secondary N) is 1. The van der Waals surface area contributed by atoms with Crippen LogP contribution in [0, 0.1) is 0 Å². The van der Waals surface area contributed by atoms with Crippen LogP contribution >= 0.6 is 11.8 Å². The molecule has 7 heteroatoms. The van der Waals surface area contributed by atoms with Crippen LogP contribution in [-0.4, -0.2) is 30.1 Å². The van der Waals surface area contributed by atoms with Gasteiger partial charge in [0.15, 0.2) is 0 Å². The highest BCUT2D eigenvalue weighted by atomic mass is 32.2. The van der Waals surface area contributed by atoms with Crippen LogP contribution in [0.25, 0.3) is 11.3 Å². The predicted octanol–water partition coefficient (Wildman–Crippen LogP) is 5.71. The van der Waals surface area contributed by atoms with E-state index in [2.05, 4.69) is 10.3 Å². The number of rotatable bonds is 8. The van der Waals surface area contributed by atoms with Crippen molar-refractivity contribution in [1.29, 1.82) is 0 Å². The van der Waals surface area contributed by atoms with Gasteiger partial charge in [0.05, 0.1) is 25.5 Å². The highest BCUT2D eigenvalue weighted by Crippen LogP contribution is 2.33. The summed E-state index contributed by atoms with van der Waals surface area (Å²) in [7, 11) is 3.25. The number of carbonyl (C=O) groups excluding carboxylic acids is 1. The van der Waals surface area contributed by atoms with Crippen LogP contribution in [0.2, 0.25) is 0 Å². The second-order valence-corrected chi connectivity index (χ2v) is 8.04. The number of carbonyl (C=O) groups is 1. The number of amides is 1. The van der Waals surface area contributed by atoms with E-state index < -0.39 is 0 Å². The number of thioether (sulfide) groups is 1. The number of hydrogen-bond acceptors (Lipinski definition) is 6. The van der Waals surface area contributed by atoms with Crippen LogP contribution in [0.1, 0.15) is 15.9 Å². The Labute approximate surface area is 197 Å².